The Morgan fingerprint density at radius 1 is 1.22 bits per heavy atom. The fraction of sp³-hybridized carbons (Fsp3) is 0.250. The third kappa shape index (κ3) is 3.84. The number of aromatic carboxylic acids is 1. The van der Waals surface area contributed by atoms with Crippen LogP contribution in [0.1, 0.15) is 37.0 Å². The quantitative estimate of drug-likeness (QED) is 0.519. The Hall–Kier alpha value is -3.68. The summed E-state index contributed by atoms with van der Waals surface area (Å²) in [5.41, 5.74) is -2.07. The van der Waals surface area contributed by atoms with E-state index in [0.29, 0.717) is 31.3 Å². The maximum atomic E-state index is 14.6. The fourth-order valence-electron chi connectivity index (χ4n) is 3.70. The normalized spacial score (nSPS) is 12.9. The largest absolute Gasteiger partial charge is 0.494 e. The topological polar surface area (TPSA) is 77.8 Å². The van der Waals surface area contributed by atoms with Crippen molar-refractivity contribution in [3.05, 3.63) is 75.8 Å². The Balaban J connectivity index is 1.66. The third-order valence-corrected chi connectivity index (χ3v) is 5.49. The second-order valence-corrected chi connectivity index (χ2v) is 8.23. The molecule has 0 fully saturated rings. The van der Waals surface area contributed by atoms with Gasteiger partial charge in [0.2, 0.25) is 11.2 Å². The van der Waals surface area contributed by atoms with Crippen LogP contribution in [-0.2, 0) is 0 Å². The highest BCUT2D eigenvalue weighted by atomic mass is 19.2. The van der Waals surface area contributed by atoms with Crippen LogP contribution in [-0.4, -0.2) is 22.2 Å². The summed E-state index contributed by atoms with van der Waals surface area (Å²) in [6.45, 7) is 4.20. The number of para-hydroxylation sites is 1. The molecular formula is C24H21F2NO5. The molecule has 0 aliphatic carbocycles. The zero-order valence-electron chi connectivity index (χ0n) is 17.5. The zero-order valence-corrected chi connectivity index (χ0v) is 17.5. The molecule has 0 saturated carbocycles. The second kappa shape index (κ2) is 8.11. The van der Waals surface area contributed by atoms with Gasteiger partial charge in [0.05, 0.1) is 12.0 Å². The van der Waals surface area contributed by atoms with Crippen LogP contribution in [0.25, 0.3) is 17.1 Å². The van der Waals surface area contributed by atoms with Gasteiger partial charge in [-0.3, -0.25) is 4.79 Å². The Bertz CT molecular complexity index is 1300. The molecule has 6 nitrogen and oxygen atoms in total. The van der Waals surface area contributed by atoms with Crippen molar-refractivity contribution in [2.24, 2.45) is 5.41 Å². The van der Waals surface area contributed by atoms with Gasteiger partial charge in [-0.1, -0.05) is 32.0 Å². The molecule has 0 atom stereocenters. The standard InChI is InChI=1S/C24H21F2NO5/c1-24(2,9-6-10-31-14-7-4-3-5-8-14)18-13-27-12-16(23(29)30)21(28)15-11-17(25)19(26)22(32-18)20(15)27/h3-5,7-8,11-13H,6,9-10H2,1-2H3,(H,29,30). The Morgan fingerprint density at radius 2 is 1.94 bits per heavy atom. The molecular weight excluding hydrogens is 420 g/mol. The molecule has 0 amide bonds. The maximum Gasteiger partial charge on any atom is 0.341 e. The molecule has 1 aliphatic heterocycles. The van der Waals surface area contributed by atoms with E-state index in [1.54, 1.807) is 0 Å². The number of aromatic nitrogens is 1. The summed E-state index contributed by atoms with van der Waals surface area (Å²) in [7, 11) is 0. The number of hydrogen-bond acceptors (Lipinski definition) is 4. The van der Waals surface area contributed by atoms with Crippen LogP contribution in [0, 0.1) is 17.0 Å². The summed E-state index contributed by atoms with van der Waals surface area (Å²) in [5.74, 6) is -3.33. The number of benzene rings is 2. The first-order chi connectivity index (χ1) is 15.2. The van der Waals surface area contributed by atoms with E-state index in [1.807, 2.05) is 44.2 Å². The summed E-state index contributed by atoms with van der Waals surface area (Å²) in [6.07, 6.45) is 3.86. The minimum atomic E-state index is -1.45. The van der Waals surface area contributed by atoms with Crippen molar-refractivity contribution in [2.45, 2.75) is 26.7 Å². The minimum absolute atomic E-state index is 0.00846. The average molecular weight is 441 g/mol. The van der Waals surface area contributed by atoms with E-state index in [2.05, 4.69) is 0 Å². The Morgan fingerprint density at radius 3 is 2.62 bits per heavy atom. The van der Waals surface area contributed by atoms with Crippen molar-refractivity contribution in [3.63, 3.8) is 0 Å². The number of carbonyl (C=O) groups is 1. The highest BCUT2D eigenvalue weighted by Crippen LogP contribution is 2.41. The van der Waals surface area contributed by atoms with Gasteiger partial charge < -0.3 is 19.1 Å². The molecule has 8 heteroatoms. The summed E-state index contributed by atoms with van der Waals surface area (Å²) < 4.78 is 41.6. The van der Waals surface area contributed by atoms with E-state index in [0.717, 1.165) is 11.9 Å². The van der Waals surface area contributed by atoms with E-state index < -0.39 is 39.8 Å². The predicted molar refractivity (Wildman–Crippen MR) is 115 cm³/mol. The first kappa shape index (κ1) is 21.5. The molecule has 0 unspecified atom stereocenters. The van der Waals surface area contributed by atoms with Gasteiger partial charge >= 0.3 is 5.97 Å². The van der Waals surface area contributed by atoms with Gasteiger partial charge in [-0.05, 0) is 31.0 Å². The number of carboxylic acid groups (broad SMARTS) is 1. The lowest BCUT2D eigenvalue weighted by Gasteiger charge is -2.31. The van der Waals surface area contributed by atoms with Gasteiger partial charge in [0, 0.05) is 17.8 Å². The number of rotatable bonds is 7. The summed E-state index contributed by atoms with van der Waals surface area (Å²) in [6, 6.07) is 10.1. The Labute approximate surface area is 182 Å². The van der Waals surface area contributed by atoms with E-state index in [1.165, 1.54) is 10.8 Å². The number of halogens is 2. The summed E-state index contributed by atoms with van der Waals surface area (Å²) >= 11 is 0. The van der Waals surface area contributed by atoms with E-state index in [-0.39, 0.29) is 10.9 Å². The molecule has 166 valence electrons. The number of allylic oxidation sites excluding steroid dienone is 1. The molecule has 32 heavy (non-hydrogen) atoms. The Kier molecular flexibility index (Phi) is 5.46. The molecule has 2 aromatic carbocycles. The molecule has 1 aliphatic rings. The van der Waals surface area contributed by atoms with E-state index >= 15 is 0 Å². The van der Waals surface area contributed by atoms with Crippen molar-refractivity contribution >= 4 is 23.1 Å². The second-order valence-electron chi connectivity index (χ2n) is 8.23. The summed E-state index contributed by atoms with van der Waals surface area (Å²) in [4.78, 5) is 24.0. The molecule has 0 spiro atoms. The highest BCUT2D eigenvalue weighted by Gasteiger charge is 2.32. The number of nitrogens with zero attached hydrogens (tertiary/aromatic N) is 1. The van der Waals surface area contributed by atoms with Crippen molar-refractivity contribution in [2.75, 3.05) is 6.61 Å². The molecule has 0 saturated heterocycles. The predicted octanol–water partition coefficient (Wildman–Crippen LogP) is 5.05. The third-order valence-electron chi connectivity index (χ3n) is 5.49. The van der Waals surface area contributed by atoms with Crippen molar-refractivity contribution < 1.29 is 28.2 Å². The first-order valence-electron chi connectivity index (χ1n) is 10.1. The number of hydrogen-bond donors (Lipinski definition) is 1. The molecule has 3 aromatic rings. The molecule has 2 heterocycles. The zero-order chi connectivity index (χ0) is 23.0. The molecule has 0 radical (unpaired) electrons. The van der Waals surface area contributed by atoms with E-state index in [4.69, 9.17) is 9.47 Å². The molecule has 1 aromatic heterocycles. The van der Waals surface area contributed by atoms with Crippen LogP contribution in [0.4, 0.5) is 8.78 Å². The SMILES string of the molecule is CC(C)(CCCOc1ccccc1)C1=Cn2cc(C(=O)O)c(=O)c3cc(F)c(F)c(c32)O1. The van der Waals surface area contributed by atoms with Crippen LogP contribution in [0.2, 0.25) is 0 Å². The summed E-state index contributed by atoms with van der Waals surface area (Å²) in [5, 5.41) is 9.11. The van der Waals surface area contributed by atoms with E-state index in [9.17, 15) is 23.5 Å². The van der Waals surface area contributed by atoms with Gasteiger partial charge in [-0.15, -0.1) is 0 Å². The monoisotopic (exact) mass is 441 g/mol. The van der Waals surface area contributed by atoms with Crippen molar-refractivity contribution in [3.8, 4) is 11.5 Å². The van der Waals surface area contributed by atoms with Crippen LogP contribution >= 0.6 is 0 Å². The lowest BCUT2D eigenvalue weighted by molar-refractivity contribution is 0.0695. The van der Waals surface area contributed by atoms with Gasteiger partial charge in [-0.2, -0.15) is 4.39 Å². The number of ether oxygens (including phenoxy) is 2. The lowest BCUT2D eigenvalue weighted by Crippen LogP contribution is -2.26. The molecule has 0 bridgehead atoms. The first-order valence-corrected chi connectivity index (χ1v) is 10.1. The van der Waals surface area contributed by atoms with Gasteiger partial charge in [0.25, 0.3) is 0 Å². The van der Waals surface area contributed by atoms with Crippen molar-refractivity contribution in [1.29, 1.82) is 0 Å². The van der Waals surface area contributed by atoms with Gasteiger partial charge in [-0.25, -0.2) is 9.18 Å². The van der Waals surface area contributed by atoms with Crippen LogP contribution in [0.5, 0.6) is 11.5 Å². The average Bonchev–Trinajstić information content (AvgIpc) is 2.77. The fourth-order valence-corrected chi connectivity index (χ4v) is 3.70. The smallest absolute Gasteiger partial charge is 0.341 e. The molecule has 1 N–H and O–H groups in total. The minimum Gasteiger partial charge on any atom is -0.494 e. The maximum absolute atomic E-state index is 14.6. The molecule has 4 rings (SSSR count). The van der Waals surface area contributed by atoms with Gasteiger partial charge in [0.1, 0.15) is 22.6 Å². The number of carboxylic acids is 1. The van der Waals surface area contributed by atoms with Crippen LogP contribution < -0.4 is 14.9 Å². The van der Waals surface area contributed by atoms with Gasteiger partial charge in [0.15, 0.2) is 11.6 Å². The van der Waals surface area contributed by atoms with Crippen LogP contribution in [0.15, 0.2) is 53.1 Å². The lowest BCUT2D eigenvalue weighted by atomic mass is 9.85. The van der Waals surface area contributed by atoms with Crippen molar-refractivity contribution in [1.82, 2.24) is 4.57 Å². The highest BCUT2D eigenvalue weighted by molar-refractivity contribution is 5.95. The van der Waals surface area contributed by atoms with Crippen LogP contribution in [0.3, 0.4) is 0 Å². The number of pyridine rings is 1.